The van der Waals surface area contributed by atoms with Crippen LogP contribution in [0.3, 0.4) is 0 Å². The Hall–Kier alpha value is -1.13. The zero-order valence-electron chi connectivity index (χ0n) is 11.2. The lowest BCUT2D eigenvalue weighted by Crippen LogP contribution is -2.26. The molecule has 0 saturated carbocycles. The van der Waals surface area contributed by atoms with Gasteiger partial charge in [-0.3, -0.25) is 4.79 Å². The number of carbonyl (C=O) groups excluding carboxylic acids is 1. The molecule has 0 aliphatic carbocycles. The van der Waals surface area contributed by atoms with Gasteiger partial charge in [0, 0.05) is 17.8 Å². The number of hydrogen-bond donors (Lipinski definition) is 1. The van der Waals surface area contributed by atoms with Crippen molar-refractivity contribution in [2.45, 2.75) is 24.1 Å². The molecule has 0 saturated heterocycles. The molecule has 1 aromatic heterocycles. The Balaban J connectivity index is 1.65. The van der Waals surface area contributed by atoms with Crippen molar-refractivity contribution in [1.29, 1.82) is 0 Å². The average Bonchev–Trinajstić information content (AvgIpc) is 2.99. The SMILES string of the molecule is O=C(CCCc1cccs1)NCC(Br)c1ccccc1. The van der Waals surface area contributed by atoms with E-state index in [2.05, 4.69) is 50.9 Å². The number of benzene rings is 1. The number of hydrogen-bond acceptors (Lipinski definition) is 2. The van der Waals surface area contributed by atoms with Crippen LogP contribution in [0.5, 0.6) is 0 Å². The number of nitrogens with one attached hydrogen (secondary N) is 1. The molecule has 1 N–H and O–H groups in total. The minimum absolute atomic E-state index is 0.127. The third kappa shape index (κ3) is 5.10. The molecular weight excluding hydrogens is 334 g/mol. The summed E-state index contributed by atoms with van der Waals surface area (Å²) in [6.07, 6.45) is 2.48. The summed E-state index contributed by atoms with van der Waals surface area (Å²) in [5.41, 5.74) is 1.19. The molecule has 2 aromatic rings. The van der Waals surface area contributed by atoms with Crippen LogP contribution in [0.25, 0.3) is 0 Å². The Labute approximate surface area is 132 Å². The number of aryl methyl sites for hydroxylation is 1. The number of carbonyl (C=O) groups is 1. The molecule has 0 aliphatic heterocycles. The first-order valence-corrected chi connectivity index (χ1v) is 8.53. The fraction of sp³-hybridized carbons (Fsp3) is 0.312. The van der Waals surface area contributed by atoms with Crippen LogP contribution in [0.1, 0.15) is 28.1 Å². The highest BCUT2D eigenvalue weighted by Crippen LogP contribution is 2.21. The largest absolute Gasteiger partial charge is 0.355 e. The van der Waals surface area contributed by atoms with Gasteiger partial charge in [0.25, 0.3) is 0 Å². The number of amides is 1. The fourth-order valence-electron chi connectivity index (χ4n) is 1.95. The molecule has 20 heavy (non-hydrogen) atoms. The highest BCUT2D eigenvalue weighted by molar-refractivity contribution is 9.09. The van der Waals surface area contributed by atoms with Gasteiger partial charge in [0.1, 0.15) is 0 Å². The van der Waals surface area contributed by atoms with Gasteiger partial charge in [-0.05, 0) is 29.9 Å². The van der Waals surface area contributed by atoms with E-state index in [9.17, 15) is 4.79 Å². The zero-order valence-corrected chi connectivity index (χ0v) is 13.6. The number of thiophene rings is 1. The van der Waals surface area contributed by atoms with Gasteiger partial charge in [0.2, 0.25) is 5.91 Å². The Kier molecular flexibility index (Phi) is 6.27. The Morgan fingerprint density at radius 1 is 1.20 bits per heavy atom. The van der Waals surface area contributed by atoms with Crippen LogP contribution < -0.4 is 5.32 Å². The van der Waals surface area contributed by atoms with Crippen molar-refractivity contribution in [2.24, 2.45) is 0 Å². The lowest BCUT2D eigenvalue weighted by atomic mass is 10.1. The molecule has 0 spiro atoms. The van der Waals surface area contributed by atoms with E-state index in [0.717, 1.165) is 12.8 Å². The first kappa shape index (κ1) is 15.3. The van der Waals surface area contributed by atoms with Crippen molar-refractivity contribution >= 4 is 33.2 Å². The van der Waals surface area contributed by atoms with Gasteiger partial charge >= 0.3 is 0 Å². The normalized spacial score (nSPS) is 12.1. The highest BCUT2D eigenvalue weighted by Gasteiger charge is 2.08. The molecule has 1 aromatic carbocycles. The summed E-state index contributed by atoms with van der Waals surface area (Å²) in [5.74, 6) is 0.127. The molecule has 0 bridgehead atoms. The van der Waals surface area contributed by atoms with Crippen molar-refractivity contribution in [3.63, 3.8) is 0 Å². The number of rotatable bonds is 7. The van der Waals surface area contributed by atoms with Crippen LogP contribution in [-0.2, 0) is 11.2 Å². The van der Waals surface area contributed by atoms with E-state index in [1.165, 1.54) is 10.4 Å². The zero-order chi connectivity index (χ0) is 14.2. The molecule has 2 rings (SSSR count). The molecule has 0 radical (unpaired) electrons. The van der Waals surface area contributed by atoms with E-state index in [0.29, 0.717) is 13.0 Å². The van der Waals surface area contributed by atoms with Crippen molar-refractivity contribution in [3.8, 4) is 0 Å². The van der Waals surface area contributed by atoms with E-state index in [4.69, 9.17) is 0 Å². The van der Waals surface area contributed by atoms with E-state index in [1.807, 2.05) is 18.2 Å². The summed E-state index contributed by atoms with van der Waals surface area (Å²) in [7, 11) is 0. The highest BCUT2D eigenvalue weighted by atomic mass is 79.9. The van der Waals surface area contributed by atoms with Gasteiger partial charge in [-0.15, -0.1) is 11.3 Å². The van der Waals surface area contributed by atoms with Gasteiger partial charge in [-0.2, -0.15) is 0 Å². The second-order valence-corrected chi connectivity index (χ2v) is 6.75. The number of halogens is 1. The van der Waals surface area contributed by atoms with E-state index in [1.54, 1.807) is 11.3 Å². The fourth-order valence-corrected chi connectivity index (χ4v) is 3.17. The number of alkyl halides is 1. The molecule has 4 heteroatoms. The average molecular weight is 352 g/mol. The van der Waals surface area contributed by atoms with Gasteiger partial charge in [0.15, 0.2) is 0 Å². The van der Waals surface area contributed by atoms with Crippen LogP contribution in [0.2, 0.25) is 0 Å². The van der Waals surface area contributed by atoms with Crippen molar-refractivity contribution in [2.75, 3.05) is 6.54 Å². The molecule has 1 unspecified atom stereocenters. The second-order valence-electron chi connectivity index (χ2n) is 4.62. The van der Waals surface area contributed by atoms with Gasteiger partial charge in [0.05, 0.1) is 4.83 Å². The van der Waals surface area contributed by atoms with Crippen LogP contribution >= 0.6 is 27.3 Å². The summed E-state index contributed by atoms with van der Waals surface area (Å²) in [6, 6.07) is 14.3. The molecular formula is C16H18BrNOS. The molecule has 1 amide bonds. The summed E-state index contributed by atoms with van der Waals surface area (Å²) in [4.78, 5) is 13.3. The summed E-state index contributed by atoms with van der Waals surface area (Å²) in [5, 5.41) is 5.05. The quantitative estimate of drug-likeness (QED) is 0.739. The van der Waals surface area contributed by atoms with E-state index < -0.39 is 0 Å². The van der Waals surface area contributed by atoms with E-state index in [-0.39, 0.29) is 10.7 Å². The summed E-state index contributed by atoms with van der Waals surface area (Å²) in [6.45, 7) is 0.627. The van der Waals surface area contributed by atoms with Crippen LogP contribution in [-0.4, -0.2) is 12.5 Å². The molecule has 1 atom stereocenters. The Bertz CT molecular complexity index is 513. The molecule has 106 valence electrons. The maximum absolute atomic E-state index is 11.8. The first-order chi connectivity index (χ1) is 9.75. The summed E-state index contributed by atoms with van der Waals surface area (Å²) < 4.78 is 0. The maximum Gasteiger partial charge on any atom is 0.220 e. The lowest BCUT2D eigenvalue weighted by molar-refractivity contribution is -0.121. The minimum Gasteiger partial charge on any atom is -0.355 e. The topological polar surface area (TPSA) is 29.1 Å². The van der Waals surface area contributed by atoms with Crippen LogP contribution in [0.4, 0.5) is 0 Å². The van der Waals surface area contributed by atoms with Gasteiger partial charge in [-0.1, -0.05) is 52.3 Å². The predicted molar refractivity (Wildman–Crippen MR) is 88.4 cm³/mol. The van der Waals surface area contributed by atoms with Crippen LogP contribution in [0, 0.1) is 0 Å². The van der Waals surface area contributed by atoms with Crippen molar-refractivity contribution < 1.29 is 4.79 Å². The third-order valence-electron chi connectivity index (χ3n) is 3.05. The third-order valence-corrected chi connectivity index (χ3v) is 4.84. The molecule has 0 aliphatic rings. The molecule has 2 nitrogen and oxygen atoms in total. The van der Waals surface area contributed by atoms with Crippen molar-refractivity contribution in [3.05, 3.63) is 58.3 Å². The Morgan fingerprint density at radius 3 is 2.70 bits per heavy atom. The van der Waals surface area contributed by atoms with Crippen LogP contribution in [0.15, 0.2) is 47.8 Å². The monoisotopic (exact) mass is 351 g/mol. The van der Waals surface area contributed by atoms with Gasteiger partial charge in [-0.25, -0.2) is 0 Å². The summed E-state index contributed by atoms with van der Waals surface area (Å²) >= 11 is 5.35. The Morgan fingerprint density at radius 2 is 2.00 bits per heavy atom. The first-order valence-electron chi connectivity index (χ1n) is 6.74. The predicted octanol–water partition coefficient (Wildman–Crippen LogP) is 4.32. The second kappa shape index (κ2) is 8.22. The minimum atomic E-state index is 0.127. The van der Waals surface area contributed by atoms with Crippen molar-refractivity contribution in [1.82, 2.24) is 5.32 Å². The molecule has 0 fully saturated rings. The smallest absolute Gasteiger partial charge is 0.220 e. The van der Waals surface area contributed by atoms with Gasteiger partial charge < -0.3 is 5.32 Å². The lowest BCUT2D eigenvalue weighted by Gasteiger charge is -2.11. The standard InChI is InChI=1S/C16H18BrNOS/c17-15(13-6-2-1-3-7-13)12-18-16(19)10-4-8-14-9-5-11-20-14/h1-3,5-7,9,11,15H,4,8,10,12H2,(H,18,19). The van der Waals surface area contributed by atoms with E-state index >= 15 is 0 Å². The molecule has 1 heterocycles. The maximum atomic E-state index is 11.8.